The maximum absolute atomic E-state index is 10.9. The van der Waals surface area contributed by atoms with Gasteiger partial charge in [0.05, 0.1) is 16.6 Å². The quantitative estimate of drug-likeness (QED) is 0.561. The van der Waals surface area contributed by atoms with Crippen molar-refractivity contribution in [3.8, 4) is 5.75 Å². The van der Waals surface area contributed by atoms with Crippen molar-refractivity contribution in [3.63, 3.8) is 0 Å². The summed E-state index contributed by atoms with van der Waals surface area (Å²) in [7, 11) is 0. The number of fused-ring (bicyclic) bond motifs is 1. The van der Waals surface area contributed by atoms with E-state index in [-0.39, 0.29) is 16.7 Å². The highest BCUT2D eigenvalue weighted by Gasteiger charge is 2.22. The van der Waals surface area contributed by atoms with E-state index in [1.807, 2.05) is 24.3 Å². The Balaban J connectivity index is 1.40. The first-order chi connectivity index (χ1) is 12.7. The van der Waals surface area contributed by atoms with Gasteiger partial charge in [-0.3, -0.25) is 20.1 Å². The maximum Gasteiger partial charge on any atom is 0.269 e. The Morgan fingerprint density at radius 1 is 1.31 bits per heavy atom. The molecule has 0 radical (unpaired) electrons. The first-order valence-electron chi connectivity index (χ1n) is 8.73. The minimum Gasteiger partial charge on any atom is -0.489 e. The smallest absolute Gasteiger partial charge is 0.269 e. The normalized spacial score (nSPS) is 18.1. The van der Waals surface area contributed by atoms with Crippen LogP contribution in [0.1, 0.15) is 18.4 Å². The van der Waals surface area contributed by atoms with Crippen molar-refractivity contribution >= 4 is 16.6 Å². The van der Waals surface area contributed by atoms with E-state index in [1.165, 1.54) is 6.07 Å². The molecule has 1 fully saturated rings. The molecule has 3 aromatic rings. The summed E-state index contributed by atoms with van der Waals surface area (Å²) in [5, 5.41) is 18.9. The van der Waals surface area contributed by atoms with Crippen LogP contribution in [0.4, 0.5) is 5.69 Å². The SMILES string of the molecule is O=[N+]([O-])c1cccc(CN2CCCC(Oc3ccc4[nH]ncc4c3)C2)c1. The number of aromatic amines is 1. The highest BCUT2D eigenvalue weighted by Crippen LogP contribution is 2.23. The summed E-state index contributed by atoms with van der Waals surface area (Å²) in [6.07, 6.45) is 3.96. The van der Waals surface area contributed by atoms with Crippen molar-refractivity contribution < 1.29 is 9.66 Å². The van der Waals surface area contributed by atoms with Gasteiger partial charge in [-0.15, -0.1) is 0 Å². The van der Waals surface area contributed by atoms with Crippen molar-refractivity contribution in [3.05, 3.63) is 64.3 Å². The number of likely N-dealkylation sites (tertiary alicyclic amines) is 1. The average Bonchev–Trinajstić information content (AvgIpc) is 3.10. The molecule has 0 aliphatic carbocycles. The van der Waals surface area contributed by atoms with Crippen molar-refractivity contribution in [2.45, 2.75) is 25.5 Å². The number of nitro benzene ring substituents is 1. The van der Waals surface area contributed by atoms with Gasteiger partial charge in [0.2, 0.25) is 0 Å². The van der Waals surface area contributed by atoms with E-state index < -0.39 is 0 Å². The van der Waals surface area contributed by atoms with E-state index in [2.05, 4.69) is 15.1 Å². The molecule has 1 N–H and O–H groups in total. The third-order valence-corrected chi connectivity index (χ3v) is 4.70. The molecule has 1 aliphatic heterocycles. The summed E-state index contributed by atoms with van der Waals surface area (Å²) >= 11 is 0. The van der Waals surface area contributed by atoms with Crippen LogP contribution >= 0.6 is 0 Å². The molecular formula is C19H20N4O3. The highest BCUT2D eigenvalue weighted by atomic mass is 16.6. The predicted molar refractivity (Wildman–Crippen MR) is 98.1 cm³/mol. The molecule has 134 valence electrons. The van der Waals surface area contributed by atoms with Gasteiger partial charge < -0.3 is 4.74 Å². The Hall–Kier alpha value is -2.93. The van der Waals surface area contributed by atoms with Crippen LogP contribution in [0, 0.1) is 10.1 Å². The largest absolute Gasteiger partial charge is 0.489 e. The molecular weight excluding hydrogens is 332 g/mol. The van der Waals surface area contributed by atoms with Gasteiger partial charge in [0, 0.05) is 30.6 Å². The Morgan fingerprint density at radius 2 is 2.23 bits per heavy atom. The van der Waals surface area contributed by atoms with Crippen LogP contribution in [0.25, 0.3) is 10.9 Å². The molecule has 7 nitrogen and oxygen atoms in total. The summed E-state index contributed by atoms with van der Waals surface area (Å²) in [5.41, 5.74) is 2.09. The Morgan fingerprint density at radius 3 is 3.12 bits per heavy atom. The first kappa shape index (κ1) is 16.5. The number of non-ortho nitro benzene ring substituents is 1. The van der Waals surface area contributed by atoms with Crippen LogP contribution in [-0.4, -0.2) is 39.2 Å². The fraction of sp³-hybridized carbons (Fsp3) is 0.316. The van der Waals surface area contributed by atoms with Crippen LogP contribution in [0.3, 0.4) is 0 Å². The van der Waals surface area contributed by atoms with Gasteiger partial charge in [0.25, 0.3) is 5.69 Å². The number of nitrogens with one attached hydrogen (secondary N) is 1. The molecule has 2 heterocycles. The van der Waals surface area contributed by atoms with Crippen LogP contribution in [0.5, 0.6) is 5.75 Å². The van der Waals surface area contributed by atoms with Gasteiger partial charge >= 0.3 is 0 Å². The van der Waals surface area contributed by atoms with Gasteiger partial charge in [-0.2, -0.15) is 5.10 Å². The zero-order valence-electron chi connectivity index (χ0n) is 14.3. The van der Waals surface area contributed by atoms with Gasteiger partial charge in [-0.05, 0) is 43.1 Å². The average molecular weight is 352 g/mol. The maximum atomic E-state index is 10.9. The summed E-state index contributed by atoms with van der Waals surface area (Å²) in [6.45, 7) is 2.48. The summed E-state index contributed by atoms with van der Waals surface area (Å²) in [4.78, 5) is 12.9. The number of hydrogen-bond acceptors (Lipinski definition) is 5. The zero-order valence-corrected chi connectivity index (χ0v) is 14.3. The molecule has 0 saturated carbocycles. The second-order valence-electron chi connectivity index (χ2n) is 6.66. The lowest BCUT2D eigenvalue weighted by atomic mass is 10.1. The minimum absolute atomic E-state index is 0.117. The molecule has 1 unspecified atom stereocenters. The molecule has 0 spiro atoms. The lowest BCUT2D eigenvalue weighted by Crippen LogP contribution is -2.40. The van der Waals surface area contributed by atoms with Crippen LogP contribution < -0.4 is 4.74 Å². The van der Waals surface area contributed by atoms with E-state index in [0.29, 0.717) is 6.54 Å². The van der Waals surface area contributed by atoms with E-state index >= 15 is 0 Å². The number of hydrogen-bond donors (Lipinski definition) is 1. The molecule has 1 atom stereocenters. The summed E-state index contributed by atoms with van der Waals surface area (Å²) in [5.74, 6) is 0.848. The molecule has 7 heteroatoms. The zero-order chi connectivity index (χ0) is 17.9. The number of ether oxygens (including phenoxy) is 1. The predicted octanol–water partition coefficient (Wildman–Crippen LogP) is 3.51. The third-order valence-electron chi connectivity index (χ3n) is 4.70. The summed E-state index contributed by atoms with van der Waals surface area (Å²) in [6, 6.07) is 12.8. The monoisotopic (exact) mass is 352 g/mol. The topological polar surface area (TPSA) is 84.3 Å². The van der Waals surface area contributed by atoms with Gasteiger partial charge in [0.1, 0.15) is 11.9 Å². The Labute approximate surface area is 150 Å². The molecule has 26 heavy (non-hydrogen) atoms. The molecule has 4 rings (SSSR count). The second kappa shape index (κ2) is 7.13. The lowest BCUT2D eigenvalue weighted by Gasteiger charge is -2.32. The second-order valence-corrected chi connectivity index (χ2v) is 6.66. The van der Waals surface area contributed by atoms with Crippen molar-refractivity contribution in [2.75, 3.05) is 13.1 Å². The molecule has 1 aromatic heterocycles. The van der Waals surface area contributed by atoms with E-state index in [4.69, 9.17) is 4.74 Å². The highest BCUT2D eigenvalue weighted by molar-refractivity contribution is 5.79. The molecule has 2 aromatic carbocycles. The van der Waals surface area contributed by atoms with Crippen LogP contribution in [-0.2, 0) is 6.54 Å². The van der Waals surface area contributed by atoms with Crippen LogP contribution in [0.15, 0.2) is 48.7 Å². The number of benzene rings is 2. The van der Waals surface area contributed by atoms with Gasteiger partial charge in [-0.25, -0.2) is 0 Å². The number of piperidine rings is 1. The van der Waals surface area contributed by atoms with Gasteiger partial charge in [0.15, 0.2) is 0 Å². The standard InChI is InChI=1S/C19H20N4O3/c24-23(25)16-4-1-3-14(9-16)12-22-8-2-5-18(13-22)26-17-6-7-19-15(10-17)11-20-21-19/h1,3-4,6-7,9-11,18H,2,5,8,12-13H2,(H,20,21). The Bertz CT molecular complexity index is 924. The van der Waals surface area contributed by atoms with E-state index in [9.17, 15) is 10.1 Å². The number of rotatable bonds is 5. The van der Waals surface area contributed by atoms with Crippen molar-refractivity contribution in [1.82, 2.24) is 15.1 Å². The fourth-order valence-corrected chi connectivity index (χ4v) is 3.47. The number of nitro groups is 1. The minimum atomic E-state index is -0.350. The molecule has 0 bridgehead atoms. The van der Waals surface area contributed by atoms with Crippen molar-refractivity contribution in [1.29, 1.82) is 0 Å². The van der Waals surface area contributed by atoms with Crippen LogP contribution in [0.2, 0.25) is 0 Å². The van der Waals surface area contributed by atoms with Crippen molar-refractivity contribution in [2.24, 2.45) is 0 Å². The first-order valence-corrected chi connectivity index (χ1v) is 8.73. The molecule has 1 saturated heterocycles. The summed E-state index contributed by atoms with van der Waals surface area (Å²) < 4.78 is 6.17. The molecule has 1 aliphatic rings. The van der Waals surface area contributed by atoms with E-state index in [1.54, 1.807) is 18.3 Å². The fourth-order valence-electron chi connectivity index (χ4n) is 3.47. The number of H-pyrrole nitrogens is 1. The Kier molecular flexibility index (Phi) is 4.53. The third kappa shape index (κ3) is 3.67. The van der Waals surface area contributed by atoms with Gasteiger partial charge in [-0.1, -0.05) is 12.1 Å². The number of aromatic nitrogens is 2. The number of nitrogens with zero attached hydrogens (tertiary/aromatic N) is 3. The lowest BCUT2D eigenvalue weighted by molar-refractivity contribution is -0.384. The van der Waals surface area contributed by atoms with E-state index in [0.717, 1.165) is 48.1 Å². The molecule has 0 amide bonds.